The molecule has 0 unspecified atom stereocenters. The van der Waals surface area contributed by atoms with E-state index < -0.39 is 5.97 Å². The summed E-state index contributed by atoms with van der Waals surface area (Å²) < 4.78 is 6.52. The van der Waals surface area contributed by atoms with Crippen molar-refractivity contribution in [3.05, 3.63) is 88.9 Å². The highest BCUT2D eigenvalue weighted by atomic mass is 32.2. The first-order valence-corrected chi connectivity index (χ1v) is 9.37. The third-order valence-electron chi connectivity index (χ3n) is 3.56. The van der Waals surface area contributed by atoms with E-state index in [2.05, 4.69) is 11.1 Å². The molecule has 0 spiro atoms. The van der Waals surface area contributed by atoms with E-state index in [-0.39, 0.29) is 0 Å². The van der Waals surface area contributed by atoms with Crippen LogP contribution in [0.1, 0.15) is 11.1 Å². The lowest BCUT2D eigenvalue weighted by molar-refractivity contribution is -0.129. The summed E-state index contributed by atoms with van der Waals surface area (Å²) in [6.45, 7) is 0. The number of carbonyl (C=O) groups is 1. The van der Waals surface area contributed by atoms with E-state index in [1.165, 1.54) is 4.21 Å². The lowest BCUT2D eigenvalue weighted by Gasteiger charge is -2.03. The number of ether oxygens (including phenoxy) is 1. The van der Waals surface area contributed by atoms with Crippen LogP contribution in [0, 0.1) is 0 Å². The minimum Gasteiger partial charge on any atom is -0.402 e. The fourth-order valence-electron chi connectivity index (χ4n) is 2.38. The van der Waals surface area contributed by atoms with Crippen molar-refractivity contribution in [2.45, 2.75) is 9.10 Å². The van der Waals surface area contributed by atoms with Crippen LogP contribution in [0.25, 0.3) is 6.08 Å². The van der Waals surface area contributed by atoms with Crippen LogP contribution < -0.4 is 0 Å². The Balaban J connectivity index is 1.67. The molecule has 0 radical (unpaired) electrons. The second kappa shape index (κ2) is 7.09. The van der Waals surface area contributed by atoms with E-state index >= 15 is 0 Å². The van der Waals surface area contributed by atoms with Crippen molar-refractivity contribution < 1.29 is 9.53 Å². The van der Waals surface area contributed by atoms with Gasteiger partial charge in [0, 0.05) is 10.5 Å². The molecule has 0 N–H and O–H groups in total. The molecule has 0 atom stereocenters. The molecule has 1 aromatic heterocycles. The zero-order valence-electron chi connectivity index (χ0n) is 13.1. The molecule has 2 heterocycles. The molecule has 0 saturated carbocycles. The summed E-state index contributed by atoms with van der Waals surface area (Å²) in [7, 11) is 0. The molecule has 25 heavy (non-hydrogen) atoms. The van der Waals surface area contributed by atoms with Gasteiger partial charge < -0.3 is 4.74 Å². The Hall–Kier alpha value is -2.63. The first kappa shape index (κ1) is 15.9. The van der Waals surface area contributed by atoms with Crippen LogP contribution in [-0.4, -0.2) is 11.9 Å². The molecule has 2 aromatic carbocycles. The first-order valence-electron chi connectivity index (χ1n) is 7.68. The van der Waals surface area contributed by atoms with Gasteiger partial charge in [-0.1, -0.05) is 54.2 Å². The van der Waals surface area contributed by atoms with Gasteiger partial charge in [-0.3, -0.25) is 0 Å². The second-order valence-corrected chi connectivity index (χ2v) is 7.56. The lowest BCUT2D eigenvalue weighted by atomic mass is 10.2. The highest BCUT2D eigenvalue weighted by Gasteiger charge is 2.24. The molecule has 122 valence electrons. The van der Waals surface area contributed by atoms with E-state index in [9.17, 15) is 4.79 Å². The normalized spacial score (nSPS) is 15.3. The number of nitrogens with zero attached hydrogens (tertiary/aromatic N) is 1. The number of aliphatic imine (C=N–C) groups is 1. The Labute approximate surface area is 153 Å². The number of rotatable bonds is 4. The molecule has 1 aliphatic heterocycles. The van der Waals surface area contributed by atoms with Crippen LogP contribution in [0.15, 0.2) is 91.9 Å². The summed E-state index contributed by atoms with van der Waals surface area (Å²) >= 11 is 3.37. The molecule has 0 amide bonds. The fraction of sp³-hybridized carbons (Fsp3) is 0. The molecular weight excluding hydrogens is 350 g/mol. The molecule has 1 aliphatic rings. The number of cyclic esters (lactones) is 1. The van der Waals surface area contributed by atoms with E-state index in [1.807, 2.05) is 66.0 Å². The Morgan fingerprint density at radius 2 is 1.76 bits per heavy atom. The van der Waals surface area contributed by atoms with Crippen molar-refractivity contribution in [1.82, 2.24) is 0 Å². The van der Waals surface area contributed by atoms with Crippen molar-refractivity contribution in [3.63, 3.8) is 0 Å². The Morgan fingerprint density at radius 3 is 2.56 bits per heavy atom. The summed E-state index contributed by atoms with van der Waals surface area (Å²) in [6, 6.07) is 21.5. The van der Waals surface area contributed by atoms with Crippen molar-refractivity contribution in [2.24, 2.45) is 4.99 Å². The van der Waals surface area contributed by atoms with E-state index in [1.54, 1.807) is 29.2 Å². The third-order valence-corrected chi connectivity index (χ3v) is 5.69. The van der Waals surface area contributed by atoms with Gasteiger partial charge >= 0.3 is 5.97 Å². The zero-order chi connectivity index (χ0) is 17.1. The summed E-state index contributed by atoms with van der Waals surface area (Å²) in [6.07, 6.45) is 1.79. The fourth-order valence-corrected chi connectivity index (χ4v) is 4.21. The highest BCUT2D eigenvalue weighted by Crippen LogP contribution is 2.34. The Kier molecular flexibility index (Phi) is 4.50. The van der Waals surface area contributed by atoms with E-state index in [4.69, 9.17) is 4.74 Å². The monoisotopic (exact) mass is 363 g/mol. The average molecular weight is 363 g/mol. The Morgan fingerprint density at radius 1 is 0.960 bits per heavy atom. The highest BCUT2D eigenvalue weighted by molar-refractivity contribution is 8.01. The van der Waals surface area contributed by atoms with Gasteiger partial charge in [0.15, 0.2) is 5.70 Å². The summed E-state index contributed by atoms with van der Waals surface area (Å²) in [5.41, 5.74) is 2.06. The van der Waals surface area contributed by atoms with Gasteiger partial charge in [0.25, 0.3) is 0 Å². The van der Waals surface area contributed by atoms with E-state index in [0.717, 1.165) is 16.0 Å². The maximum absolute atomic E-state index is 12.2. The minimum absolute atomic E-state index is 0.318. The molecule has 0 bridgehead atoms. The van der Waals surface area contributed by atoms with Gasteiger partial charge in [0.05, 0.1) is 4.21 Å². The van der Waals surface area contributed by atoms with Gasteiger partial charge in [0.2, 0.25) is 5.90 Å². The van der Waals surface area contributed by atoms with Crippen LogP contribution in [-0.2, 0) is 9.53 Å². The number of carbonyl (C=O) groups excluding carboxylic acids is 1. The van der Waals surface area contributed by atoms with Gasteiger partial charge in [-0.15, -0.1) is 11.3 Å². The first-order chi connectivity index (χ1) is 12.3. The largest absolute Gasteiger partial charge is 0.402 e. The molecule has 3 aromatic rings. The molecule has 5 heteroatoms. The standard InChI is InChI=1S/C20H13NO2S2/c22-20-16(21-19(23-20)14-7-2-1-3-8-14)13-15-9-4-5-10-17(15)25-18-11-6-12-24-18/h1-13H. The van der Waals surface area contributed by atoms with Crippen LogP contribution in [0.5, 0.6) is 0 Å². The second-order valence-electron chi connectivity index (χ2n) is 5.27. The average Bonchev–Trinajstić information content (AvgIpc) is 3.28. The third kappa shape index (κ3) is 3.57. The van der Waals surface area contributed by atoms with Crippen LogP contribution in [0.2, 0.25) is 0 Å². The summed E-state index contributed by atoms with van der Waals surface area (Å²) in [5, 5.41) is 2.05. The number of hydrogen-bond donors (Lipinski definition) is 0. The quantitative estimate of drug-likeness (QED) is 0.470. The maximum atomic E-state index is 12.2. The predicted molar refractivity (Wildman–Crippen MR) is 102 cm³/mol. The minimum atomic E-state index is -0.422. The predicted octanol–water partition coefficient (Wildman–Crippen LogP) is 5.24. The molecular formula is C20H13NO2S2. The number of benzene rings is 2. The van der Waals surface area contributed by atoms with Gasteiger partial charge in [0.1, 0.15) is 0 Å². The van der Waals surface area contributed by atoms with Crippen molar-refractivity contribution >= 4 is 41.0 Å². The molecule has 4 rings (SSSR count). The van der Waals surface area contributed by atoms with Gasteiger partial charge in [-0.05, 0) is 41.3 Å². The molecule has 0 saturated heterocycles. The summed E-state index contributed by atoms with van der Waals surface area (Å²) in [4.78, 5) is 17.6. The lowest BCUT2D eigenvalue weighted by Crippen LogP contribution is -2.04. The van der Waals surface area contributed by atoms with Crippen molar-refractivity contribution in [1.29, 1.82) is 0 Å². The number of esters is 1. The molecule has 0 aliphatic carbocycles. The smallest absolute Gasteiger partial charge is 0.363 e. The van der Waals surface area contributed by atoms with Crippen molar-refractivity contribution in [2.75, 3.05) is 0 Å². The zero-order valence-corrected chi connectivity index (χ0v) is 14.7. The SMILES string of the molecule is O=C1OC(c2ccccc2)=NC1=Cc1ccccc1Sc1cccs1. The van der Waals surface area contributed by atoms with Crippen LogP contribution in [0.4, 0.5) is 0 Å². The Bertz CT molecular complexity index is 960. The van der Waals surface area contributed by atoms with Gasteiger partial charge in [-0.2, -0.15) is 0 Å². The molecule has 0 fully saturated rings. The van der Waals surface area contributed by atoms with E-state index in [0.29, 0.717) is 11.6 Å². The maximum Gasteiger partial charge on any atom is 0.363 e. The molecule has 3 nitrogen and oxygen atoms in total. The van der Waals surface area contributed by atoms with Crippen LogP contribution in [0.3, 0.4) is 0 Å². The van der Waals surface area contributed by atoms with Gasteiger partial charge in [-0.25, -0.2) is 9.79 Å². The topological polar surface area (TPSA) is 38.7 Å². The number of thiophene rings is 1. The number of hydrogen-bond acceptors (Lipinski definition) is 5. The van der Waals surface area contributed by atoms with Crippen LogP contribution >= 0.6 is 23.1 Å². The summed E-state index contributed by atoms with van der Waals surface area (Å²) in [5.74, 6) is -0.0741. The van der Waals surface area contributed by atoms with Crippen molar-refractivity contribution in [3.8, 4) is 0 Å².